The van der Waals surface area contributed by atoms with Crippen molar-refractivity contribution in [3.63, 3.8) is 0 Å². The number of hydrogen-bond acceptors (Lipinski definition) is 3. The van der Waals surface area contributed by atoms with E-state index in [-0.39, 0.29) is 0 Å². The summed E-state index contributed by atoms with van der Waals surface area (Å²) in [7, 11) is 0. The second-order valence-corrected chi connectivity index (χ2v) is 5.58. The van der Waals surface area contributed by atoms with E-state index < -0.39 is 0 Å². The maximum Gasteiger partial charge on any atom is 0.0712 e. The molecule has 2 N–H and O–H groups in total. The van der Waals surface area contributed by atoms with Gasteiger partial charge in [-0.2, -0.15) is 0 Å². The molecule has 0 aromatic heterocycles. The van der Waals surface area contributed by atoms with Crippen LogP contribution in [0.3, 0.4) is 0 Å². The summed E-state index contributed by atoms with van der Waals surface area (Å²) in [6.45, 7) is 12.0. The molecule has 1 saturated heterocycles. The summed E-state index contributed by atoms with van der Waals surface area (Å²) in [5.41, 5.74) is 0.431. The number of rotatable bonds is 7. The van der Waals surface area contributed by atoms with E-state index in [9.17, 15) is 0 Å². The topological polar surface area (TPSA) is 33.3 Å². The first-order valence-electron chi connectivity index (χ1n) is 6.67. The Hall–Kier alpha value is -0.120. The number of ether oxygens (including phenoxy) is 1. The van der Waals surface area contributed by atoms with Gasteiger partial charge in [-0.15, -0.1) is 0 Å². The first-order valence-corrected chi connectivity index (χ1v) is 6.67. The molecule has 3 nitrogen and oxygen atoms in total. The Morgan fingerprint density at radius 3 is 2.88 bits per heavy atom. The van der Waals surface area contributed by atoms with Crippen LogP contribution in [0.25, 0.3) is 0 Å². The highest BCUT2D eigenvalue weighted by atomic mass is 16.5. The van der Waals surface area contributed by atoms with Crippen LogP contribution >= 0.6 is 0 Å². The van der Waals surface area contributed by atoms with Gasteiger partial charge >= 0.3 is 0 Å². The van der Waals surface area contributed by atoms with Gasteiger partial charge in [0.15, 0.2) is 0 Å². The van der Waals surface area contributed by atoms with E-state index in [0.717, 1.165) is 39.2 Å². The molecule has 0 bridgehead atoms. The first kappa shape index (κ1) is 13.9. The summed E-state index contributed by atoms with van der Waals surface area (Å²) in [5.74, 6) is 0. The van der Waals surface area contributed by atoms with Crippen molar-refractivity contribution in [1.82, 2.24) is 10.6 Å². The molecule has 0 spiro atoms. The molecular formula is C13H28N2O. The smallest absolute Gasteiger partial charge is 0.0712 e. The normalized spacial score (nSPS) is 22.3. The maximum atomic E-state index is 5.66. The predicted molar refractivity (Wildman–Crippen MR) is 68.8 cm³/mol. The molecule has 1 aliphatic heterocycles. The minimum atomic E-state index is 0.413. The highest BCUT2D eigenvalue weighted by molar-refractivity contribution is 4.73. The number of morpholine rings is 1. The second kappa shape index (κ2) is 7.25. The molecule has 0 aromatic rings. The van der Waals surface area contributed by atoms with Gasteiger partial charge < -0.3 is 15.4 Å². The van der Waals surface area contributed by atoms with Gasteiger partial charge in [0.05, 0.1) is 12.7 Å². The molecule has 0 radical (unpaired) electrons. The molecular weight excluding hydrogens is 200 g/mol. The zero-order valence-corrected chi connectivity index (χ0v) is 11.1. The van der Waals surface area contributed by atoms with E-state index in [1.165, 1.54) is 12.8 Å². The van der Waals surface area contributed by atoms with E-state index in [4.69, 9.17) is 4.74 Å². The summed E-state index contributed by atoms with van der Waals surface area (Å²) in [5, 5.41) is 6.91. The van der Waals surface area contributed by atoms with E-state index in [1.54, 1.807) is 0 Å². The summed E-state index contributed by atoms with van der Waals surface area (Å²) in [6.07, 6.45) is 4.09. The molecule has 1 fully saturated rings. The average molecular weight is 228 g/mol. The fourth-order valence-corrected chi connectivity index (χ4v) is 2.26. The first-order chi connectivity index (χ1) is 7.64. The minimum Gasteiger partial charge on any atom is -0.376 e. The third-order valence-corrected chi connectivity index (χ3v) is 3.18. The molecule has 0 amide bonds. The summed E-state index contributed by atoms with van der Waals surface area (Å²) >= 11 is 0. The van der Waals surface area contributed by atoms with Crippen molar-refractivity contribution < 1.29 is 4.74 Å². The zero-order chi connectivity index (χ0) is 11.9. The molecule has 1 atom stereocenters. The number of hydrogen-bond donors (Lipinski definition) is 2. The molecule has 0 saturated carbocycles. The molecule has 1 heterocycles. The Labute approximate surface area is 100 Å². The highest BCUT2D eigenvalue weighted by Crippen LogP contribution is 2.20. The van der Waals surface area contributed by atoms with Crippen LogP contribution in [0.2, 0.25) is 0 Å². The van der Waals surface area contributed by atoms with E-state index >= 15 is 0 Å². The summed E-state index contributed by atoms with van der Waals surface area (Å²) in [4.78, 5) is 0. The van der Waals surface area contributed by atoms with Crippen LogP contribution < -0.4 is 10.6 Å². The lowest BCUT2D eigenvalue weighted by Gasteiger charge is -2.26. The van der Waals surface area contributed by atoms with Crippen molar-refractivity contribution in [1.29, 1.82) is 0 Å². The summed E-state index contributed by atoms with van der Waals surface area (Å²) < 4.78 is 5.66. The van der Waals surface area contributed by atoms with Crippen molar-refractivity contribution in [2.75, 3.05) is 32.8 Å². The van der Waals surface area contributed by atoms with Crippen LogP contribution in [0.5, 0.6) is 0 Å². The van der Waals surface area contributed by atoms with Crippen LogP contribution in [0.15, 0.2) is 0 Å². The molecule has 1 aliphatic rings. The molecule has 16 heavy (non-hydrogen) atoms. The highest BCUT2D eigenvalue weighted by Gasteiger charge is 2.17. The zero-order valence-electron chi connectivity index (χ0n) is 11.1. The van der Waals surface area contributed by atoms with Crippen molar-refractivity contribution in [2.45, 2.75) is 46.1 Å². The van der Waals surface area contributed by atoms with Gasteiger partial charge in [0, 0.05) is 19.6 Å². The van der Waals surface area contributed by atoms with E-state index in [1.807, 2.05) is 0 Å². The molecule has 3 heteroatoms. The van der Waals surface area contributed by atoms with Crippen LogP contribution in [-0.4, -0.2) is 38.9 Å². The quantitative estimate of drug-likeness (QED) is 0.652. The second-order valence-electron chi connectivity index (χ2n) is 5.58. The summed E-state index contributed by atoms with van der Waals surface area (Å²) in [6, 6.07) is 0. The van der Waals surface area contributed by atoms with Gasteiger partial charge in [-0.25, -0.2) is 0 Å². The van der Waals surface area contributed by atoms with E-state index in [2.05, 4.69) is 31.4 Å². The maximum absolute atomic E-state index is 5.66. The minimum absolute atomic E-state index is 0.413. The van der Waals surface area contributed by atoms with Gasteiger partial charge in [-0.1, -0.05) is 27.2 Å². The van der Waals surface area contributed by atoms with Gasteiger partial charge in [-0.05, 0) is 24.8 Å². The van der Waals surface area contributed by atoms with Gasteiger partial charge in [0.25, 0.3) is 0 Å². The Kier molecular flexibility index (Phi) is 6.32. The Balaban J connectivity index is 2.02. The third-order valence-electron chi connectivity index (χ3n) is 3.18. The van der Waals surface area contributed by atoms with Crippen molar-refractivity contribution in [3.05, 3.63) is 0 Å². The number of nitrogens with one attached hydrogen (secondary N) is 2. The van der Waals surface area contributed by atoms with Crippen molar-refractivity contribution >= 4 is 0 Å². The van der Waals surface area contributed by atoms with Crippen molar-refractivity contribution in [3.8, 4) is 0 Å². The third kappa shape index (κ3) is 5.83. The fourth-order valence-electron chi connectivity index (χ4n) is 2.26. The SMILES string of the molecule is CCCC(C)(C)CNCCC1CNCCO1. The Morgan fingerprint density at radius 1 is 1.44 bits per heavy atom. The fraction of sp³-hybridized carbons (Fsp3) is 1.00. The molecule has 1 rings (SSSR count). The lowest BCUT2D eigenvalue weighted by molar-refractivity contribution is 0.0235. The average Bonchev–Trinajstić information content (AvgIpc) is 2.26. The van der Waals surface area contributed by atoms with Crippen molar-refractivity contribution in [2.24, 2.45) is 5.41 Å². The van der Waals surface area contributed by atoms with Gasteiger partial charge in [0.1, 0.15) is 0 Å². The predicted octanol–water partition coefficient (Wildman–Crippen LogP) is 1.78. The Morgan fingerprint density at radius 2 is 2.25 bits per heavy atom. The monoisotopic (exact) mass is 228 g/mol. The van der Waals surface area contributed by atoms with Crippen LogP contribution in [0.1, 0.15) is 40.0 Å². The molecule has 1 unspecified atom stereocenters. The largest absolute Gasteiger partial charge is 0.376 e. The van der Waals surface area contributed by atoms with Gasteiger partial charge in [-0.3, -0.25) is 0 Å². The van der Waals surface area contributed by atoms with Crippen LogP contribution in [0, 0.1) is 5.41 Å². The molecule has 0 aromatic carbocycles. The van der Waals surface area contributed by atoms with Crippen LogP contribution in [0.4, 0.5) is 0 Å². The molecule has 0 aliphatic carbocycles. The lowest BCUT2D eigenvalue weighted by Crippen LogP contribution is -2.40. The van der Waals surface area contributed by atoms with Crippen LogP contribution in [-0.2, 0) is 4.74 Å². The standard InChI is InChI=1S/C13H28N2O/c1-4-6-13(2,3)11-15-7-5-12-10-14-8-9-16-12/h12,14-15H,4-11H2,1-3H3. The van der Waals surface area contributed by atoms with E-state index in [0.29, 0.717) is 11.5 Å². The Bertz CT molecular complexity index is 177. The molecule has 96 valence electrons. The van der Waals surface area contributed by atoms with Gasteiger partial charge in [0.2, 0.25) is 0 Å². The lowest BCUT2D eigenvalue weighted by atomic mass is 9.88.